The fourth-order valence-corrected chi connectivity index (χ4v) is 7.40. The van der Waals surface area contributed by atoms with E-state index in [0.717, 1.165) is 44.9 Å². The third-order valence-corrected chi connectivity index (χ3v) is 11.3. The van der Waals surface area contributed by atoms with E-state index in [9.17, 15) is 19.0 Å². The fraction of sp³-hybridized carbons (Fsp3) is 0.760. The summed E-state index contributed by atoms with van der Waals surface area (Å²) in [4.78, 5) is 33.5. The molecule has 0 amide bonds. The van der Waals surface area contributed by atoms with Crippen LogP contribution >= 0.6 is 7.82 Å². The van der Waals surface area contributed by atoms with Crippen molar-refractivity contribution in [2.24, 2.45) is 5.73 Å². The molecule has 11 heteroatoms. The predicted molar refractivity (Wildman–Crippen MR) is 254 cm³/mol. The Balaban J connectivity index is 4.17. The molecule has 0 rings (SSSR count). The predicted octanol–water partition coefficient (Wildman–Crippen LogP) is 14.0. The lowest BCUT2D eigenvalue weighted by Gasteiger charge is -2.20. The van der Waals surface area contributed by atoms with Crippen LogP contribution in [0.2, 0.25) is 0 Å². The van der Waals surface area contributed by atoms with Crippen molar-refractivity contribution in [2.45, 2.75) is 219 Å². The molecule has 0 aliphatic heterocycles. The van der Waals surface area contributed by atoms with Gasteiger partial charge in [0.1, 0.15) is 12.1 Å². The van der Waals surface area contributed by atoms with Crippen molar-refractivity contribution in [1.82, 2.24) is 0 Å². The molecule has 0 spiro atoms. The summed E-state index contributed by atoms with van der Waals surface area (Å²) in [6.07, 6.45) is 56.1. The van der Waals surface area contributed by atoms with Gasteiger partial charge < -0.3 is 25.2 Å². The SMILES string of the molecule is CC/C=C\C/C=C\C/C=C\C/C=C\C/C=C\CC(=O)OC(COCCCCCCCCCCCCCCCCCCCCCCCCCC)COP(=O)(O)OCC(N)C(=O)O. The summed E-state index contributed by atoms with van der Waals surface area (Å²) in [5.41, 5.74) is 5.36. The van der Waals surface area contributed by atoms with Crippen LogP contribution in [0.5, 0.6) is 0 Å². The number of hydrogen-bond acceptors (Lipinski definition) is 8. The monoisotopic (exact) mass is 880 g/mol. The molecule has 4 N–H and O–H groups in total. The standard InChI is InChI=1S/C50H90NO9P/c1-3-5-7-9-11-13-15-17-19-20-21-22-23-24-25-26-27-29-31-33-35-37-39-41-43-57-44-47(45-58-61(55,56)59-46-48(51)50(53)54)60-49(52)42-40-38-36-34-32-30-28-18-16-14-12-10-8-6-4-2/h6,8,12,14,18,28,32,34,38,40,47-48H,3-5,7,9-11,13,15-17,19-27,29-31,33,35-37,39,41-46,51H2,1-2H3,(H,53,54)(H,55,56)/b8-6-,14-12-,28-18-,34-32-,40-38-. The van der Waals surface area contributed by atoms with Crippen LogP contribution in [0.4, 0.5) is 0 Å². The minimum atomic E-state index is -4.64. The average Bonchev–Trinajstić information content (AvgIpc) is 3.24. The highest BCUT2D eigenvalue weighted by atomic mass is 31.2. The Labute approximate surface area is 372 Å². The number of carbonyl (C=O) groups is 2. The van der Waals surface area contributed by atoms with Crippen molar-refractivity contribution in [3.8, 4) is 0 Å². The van der Waals surface area contributed by atoms with Crippen LogP contribution in [-0.2, 0) is 32.7 Å². The quantitative estimate of drug-likeness (QED) is 0.0233. The van der Waals surface area contributed by atoms with Gasteiger partial charge in [0, 0.05) is 6.61 Å². The highest BCUT2D eigenvalue weighted by molar-refractivity contribution is 7.47. The Morgan fingerprint density at radius 3 is 1.28 bits per heavy atom. The maximum absolute atomic E-state index is 12.6. The van der Waals surface area contributed by atoms with Crippen LogP contribution in [0.3, 0.4) is 0 Å². The summed E-state index contributed by atoms with van der Waals surface area (Å²) >= 11 is 0. The van der Waals surface area contributed by atoms with Crippen molar-refractivity contribution in [3.63, 3.8) is 0 Å². The molecule has 0 aliphatic carbocycles. The largest absolute Gasteiger partial charge is 0.480 e. The molecule has 3 atom stereocenters. The molecule has 0 saturated carbocycles. The summed E-state index contributed by atoms with van der Waals surface area (Å²) in [5.74, 6) is -1.91. The molecule has 10 nitrogen and oxygen atoms in total. The molecular formula is C50H90NO9P. The molecule has 0 bridgehead atoms. The number of phosphoric ester groups is 1. The normalized spacial score (nSPS) is 14.3. The van der Waals surface area contributed by atoms with Crippen LogP contribution in [0, 0.1) is 0 Å². The maximum atomic E-state index is 12.6. The first kappa shape index (κ1) is 58.7. The van der Waals surface area contributed by atoms with Crippen molar-refractivity contribution in [2.75, 3.05) is 26.4 Å². The fourth-order valence-electron chi connectivity index (χ4n) is 6.62. The Morgan fingerprint density at radius 2 is 0.885 bits per heavy atom. The van der Waals surface area contributed by atoms with Gasteiger partial charge in [0.2, 0.25) is 0 Å². The maximum Gasteiger partial charge on any atom is 0.472 e. The summed E-state index contributed by atoms with van der Waals surface area (Å²) in [7, 11) is -4.64. The number of carbonyl (C=O) groups excluding carboxylic acids is 1. The Morgan fingerprint density at radius 1 is 0.525 bits per heavy atom. The molecule has 0 radical (unpaired) electrons. The van der Waals surface area contributed by atoms with Crippen LogP contribution in [0.15, 0.2) is 60.8 Å². The third-order valence-electron chi connectivity index (χ3n) is 10.3. The Kier molecular flexibility index (Phi) is 43.9. The number of phosphoric acid groups is 1. The molecular weight excluding hydrogens is 790 g/mol. The van der Waals surface area contributed by atoms with Crippen LogP contribution in [0.25, 0.3) is 0 Å². The first-order chi connectivity index (χ1) is 29.7. The van der Waals surface area contributed by atoms with Crippen LogP contribution in [0.1, 0.15) is 206 Å². The zero-order chi connectivity index (χ0) is 44.8. The number of hydrogen-bond donors (Lipinski definition) is 3. The van der Waals surface area contributed by atoms with Crippen molar-refractivity contribution in [3.05, 3.63) is 60.8 Å². The minimum absolute atomic E-state index is 0.0181. The number of unbranched alkanes of at least 4 members (excludes halogenated alkanes) is 23. The van der Waals surface area contributed by atoms with E-state index >= 15 is 0 Å². The average molecular weight is 880 g/mol. The van der Waals surface area contributed by atoms with E-state index in [1.54, 1.807) is 6.08 Å². The molecule has 0 fully saturated rings. The molecule has 3 unspecified atom stereocenters. The lowest BCUT2D eigenvalue weighted by molar-refractivity contribution is -0.153. The van der Waals surface area contributed by atoms with E-state index in [0.29, 0.717) is 13.0 Å². The zero-order valence-electron chi connectivity index (χ0n) is 38.7. The lowest BCUT2D eigenvalue weighted by atomic mass is 10.0. The summed E-state index contributed by atoms with van der Waals surface area (Å²) in [6.45, 7) is 3.67. The minimum Gasteiger partial charge on any atom is -0.480 e. The van der Waals surface area contributed by atoms with Gasteiger partial charge in [-0.25, -0.2) is 4.57 Å². The Bertz CT molecular complexity index is 1200. The molecule has 0 aromatic heterocycles. The number of nitrogens with two attached hydrogens (primary N) is 1. The van der Waals surface area contributed by atoms with E-state index in [-0.39, 0.29) is 13.0 Å². The molecule has 0 aromatic rings. The number of esters is 1. The van der Waals surface area contributed by atoms with E-state index in [2.05, 4.69) is 56.4 Å². The number of aliphatic carboxylic acids is 1. The van der Waals surface area contributed by atoms with Gasteiger partial charge in [0.25, 0.3) is 0 Å². The number of allylic oxidation sites excluding steroid dienone is 9. The van der Waals surface area contributed by atoms with Gasteiger partial charge in [-0.05, 0) is 38.5 Å². The number of rotatable bonds is 46. The van der Waals surface area contributed by atoms with Gasteiger partial charge in [-0.1, -0.05) is 222 Å². The van der Waals surface area contributed by atoms with Gasteiger partial charge in [-0.2, -0.15) is 0 Å². The van der Waals surface area contributed by atoms with Crippen molar-refractivity contribution < 1.29 is 42.7 Å². The molecule has 0 saturated heterocycles. The zero-order valence-corrected chi connectivity index (χ0v) is 39.6. The van der Waals surface area contributed by atoms with E-state index < -0.39 is 45.1 Å². The van der Waals surface area contributed by atoms with Gasteiger partial charge >= 0.3 is 19.8 Å². The number of carboxylic acids is 1. The van der Waals surface area contributed by atoms with E-state index in [1.807, 2.05) is 12.2 Å². The first-order valence-electron chi connectivity index (χ1n) is 24.3. The third kappa shape index (κ3) is 45.5. The van der Waals surface area contributed by atoms with Crippen LogP contribution < -0.4 is 5.73 Å². The number of carboxylic acid groups (broad SMARTS) is 1. The highest BCUT2D eigenvalue weighted by Gasteiger charge is 2.27. The van der Waals surface area contributed by atoms with Crippen molar-refractivity contribution >= 4 is 19.8 Å². The lowest BCUT2D eigenvalue weighted by Crippen LogP contribution is -2.34. The molecule has 0 heterocycles. The second kappa shape index (κ2) is 45.7. The highest BCUT2D eigenvalue weighted by Crippen LogP contribution is 2.43. The second-order valence-electron chi connectivity index (χ2n) is 16.2. The van der Waals surface area contributed by atoms with Gasteiger partial charge in [0.15, 0.2) is 0 Å². The number of ether oxygens (including phenoxy) is 2. The summed E-state index contributed by atoms with van der Waals surface area (Å²) in [5, 5.41) is 8.91. The van der Waals surface area contributed by atoms with Gasteiger partial charge in [-0.15, -0.1) is 0 Å². The van der Waals surface area contributed by atoms with E-state index in [4.69, 9.17) is 29.4 Å². The molecule has 354 valence electrons. The summed E-state index contributed by atoms with van der Waals surface area (Å²) < 4.78 is 33.3. The molecule has 0 aromatic carbocycles. The second-order valence-corrected chi connectivity index (χ2v) is 17.7. The molecule has 61 heavy (non-hydrogen) atoms. The smallest absolute Gasteiger partial charge is 0.472 e. The van der Waals surface area contributed by atoms with Gasteiger partial charge in [0.05, 0.1) is 26.2 Å². The Hall–Kier alpha value is -2.33. The van der Waals surface area contributed by atoms with Crippen LogP contribution in [-0.4, -0.2) is 60.5 Å². The summed E-state index contributed by atoms with van der Waals surface area (Å²) in [6, 6.07) is -1.49. The van der Waals surface area contributed by atoms with E-state index in [1.165, 1.54) is 135 Å². The van der Waals surface area contributed by atoms with Crippen molar-refractivity contribution in [1.29, 1.82) is 0 Å². The topological polar surface area (TPSA) is 155 Å². The molecule has 0 aliphatic rings. The van der Waals surface area contributed by atoms with Gasteiger partial charge in [-0.3, -0.25) is 18.6 Å². The first-order valence-corrected chi connectivity index (χ1v) is 25.8.